The van der Waals surface area contributed by atoms with Gasteiger partial charge in [0.15, 0.2) is 0 Å². The summed E-state index contributed by atoms with van der Waals surface area (Å²) >= 11 is 5.94. The highest BCUT2D eigenvalue weighted by molar-refractivity contribution is 6.30. The Morgan fingerprint density at radius 2 is 2.04 bits per heavy atom. The molecule has 2 aromatic rings. The summed E-state index contributed by atoms with van der Waals surface area (Å²) in [5.41, 5.74) is 1.96. The van der Waals surface area contributed by atoms with E-state index in [2.05, 4.69) is 17.4 Å². The summed E-state index contributed by atoms with van der Waals surface area (Å²) in [6, 6.07) is 15.2. The fourth-order valence-corrected chi connectivity index (χ4v) is 3.05. The lowest BCUT2D eigenvalue weighted by Crippen LogP contribution is -2.32. The molecule has 1 unspecified atom stereocenters. The fourth-order valence-electron chi connectivity index (χ4n) is 2.86. The average Bonchev–Trinajstić information content (AvgIpc) is 3.05. The maximum Gasteiger partial charge on any atom is 0.321 e. The van der Waals surface area contributed by atoms with Crippen LogP contribution in [0.15, 0.2) is 48.5 Å². The van der Waals surface area contributed by atoms with Gasteiger partial charge in [-0.3, -0.25) is 0 Å². The highest BCUT2D eigenvalue weighted by atomic mass is 35.5. The van der Waals surface area contributed by atoms with Crippen LogP contribution in [0.5, 0.6) is 5.75 Å². The molecule has 1 N–H and O–H groups in total. The van der Waals surface area contributed by atoms with Crippen molar-refractivity contribution in [1.82, 2.24) is 4.90 Å². The van der Waals surface area contributed by atoms with Gasteiger partial charge in [-0.1, -0.05) is 29.8 Å². The maximum absolute atomic E-state index is 12.4. The van der Waals surface area contributed by atoms with Gasteiger partial charge in [-0.25, -0.2) is 4.79 Å². The molecule has 1 fully saturated rings. The Balaban J connectivity index is 1.61. The lowest BCUT2D eigenvalue weighted by molar-refractivity contribution is 0.222. The fraction of sp³-hybridized carbons (Fsp3) is 0.278. The Morgan fingerprint density at radius 3 is 2.74 bits per heavy atom. The first-order valence-corrected chi connectivity index (χ1v) is 7.99. The number of carbonyl (C=O) groups is 1. The Labute approximate surface area is 141 Å². The number of likely N-dealkylation sites (tertiary alicyclic amines) is 1. The number of urea groups is 1. The molecule has 1 heterocycles. The van der Waals surface area contributed by atoms with Gasteiger partial charge in [-0.15, -0.1) is 0 Å². The van der Waals surface area contributed by atoms with Gasteiger partial charge in [0, 0.05) is 29.7 Å². The van der Waals surface area contributed by atoms with E-state index in [0.29, 0.717) is 10.9 Å². The molecule has 1 aliphatic rings. The highest BCUT2D eigenvalue weighted by Crippen LogP contribution is 2.29. The summed E-state index contributed by atoms with van der Waals surface area (Å²) in [6.07, 6.45) is 0.968. The van der Waals surface area contributed by atoms with Crippen molar-refractivity contribution in [3.63, 3.8) is 0 Å². The Kier molecular flexibility index (Phi) is 4.72. The van der Waals surface area contributed by atoms with E-state index < -0.39 is 0 Å². The molecule has 23 heavy (non-hydrogen) atoms. The molecular weight excluding hydrogens is 312 g/mol. The van der Waals surface area contributed by atoms with Gasteiger partial charge in [0.2, 0.25) is 0 Å². The van der Waals surface area contributed by atoms with Gasteiger partial charge < -0.3 is 15.0 Å². The maximum atomic E-state index is 12.4. The molecule has 4 nitrogen and oxygen atoms in total. The summed E-state index contributed by atoms with van der Waals surface area (Å²) in [4.78, 5) is 14.2. The monoisotopic (exact) mass is 330 g/mol. The zero-order valence-corrected chi connectivity index (χ0v) is 13.7. The summed E-state index contributed by atoms with van der Waals surface area (Å²) < 4.78 is 5.18. The van der Waals surface area contributed by atoms with E-state index in [1.807, 2.05) is 29.2 Å². The van der Waals surface area contributed by atoms with Gasteiger partial charge in [0.1, 0.15) is 5.75 Å². The van der Waals surface area contributed by atoms with Crippen molar-refractivity contribution in [3.8, 4) is 5.75 Å². The van der Waals surface area contributed by atoms with Gasteiger partial charge in [-0.2, -0.15) is 0 Å². The molecule has 1 aliphatic heterocycles. The lowest BCUT2D eigenvalue weighted by Gasteiger charge is -2.18. The average molecular weight is 331 g/mol. The second-order valence-electron chi connectivity index (χ2n) is 5.65. The highest BCUT2D eigenvalue weighted by Gasteiger charge is 2.27. The minimum Gasteiger partial charge on any atom is -0.497 e. The molecule has 120 valence electrons. The topological polar surface area (TPSA) is 41.6 Å². The molecule has 2 amide bonds. The summed E-state index contributed by atoms with van der Waals surface area (Å²) in [5.74, 6) is 1.22. The van der Waals surface area contributed by atoms with Crippen molar-refractivity contribution >= 4 is 23.3 Å². The van der Waals surface area contributed by atoms with Crippen LogP contribution in [0.3, 0.4) is 0 Å². The van der Waals surface area contributed by atoms with Gasteiger partial charge in [0.05, 0.1) is 7.11 Å². The molecule has 1 atom stereocenters. The molecule has 0 radical (unpaired) electrons. The third-order valence-corrected chi connectivity index (χ3v) is 4.37. The summed E-state index contributed by atoms with van der Waals surface area (Å²) in [6.45, 7) is 1.47. The van der Waals surface area contributed by atoms with Gasteiger partial charge in [-0.05, 0) is 42.3 Å². The first-order chi connectivity index (χ1) is 11.2. The number of anilines is 1. The quantitative estimate of drug-likeness (QED) is 0.908. The van der Waals surface area contributed by atoms with Crippen molar-refractivity contribution in [2.45, 2.75) is 12.3 Å². The number of ether oxygens (including phenoxy) is 1. The SMILES string of the molecule is COc1ccc(C2CCN(C(=O)Nc3cccc(Cl)c3)C2)cc1. The summed E-state index contributed by atoms with van der Waals surface area (Å²) in [5, 5.41) is 3.51. The van der Waals surface area contributed by atoms with E-state index >= 15 is 0 Å². The second-order valence-corrected chi connectivity index (χ2v) is 6.08. The predicted molar refractivity (Wildman–Crippen MR) is 92.4 cm³/mol. The minimum absolute atomic E-state index is 0.0803. The van der Waals surface area contributed by atoms with Crippen molar-refractivity contribution < 1.29 is 9.53 Å². The predicted octanol–water partition coefficient (Wildman–Crippen LogP) is 4.37. The van der Waals surface area contributed by atoms with Crippen molar-refractivity contribution in [1.29, 1.82) is 0 Å². The number of benzene rings is 2. The third kappa shape index (κ3) is 3.77. The second kappa shape index (κ2) is 6.92. The lowest BCUT2D eigenvalue weighted by atomic mass is 9.98. The van der Waals surface area contributed by atoms with Crippen LogP contribution in [0.4, 0.5) is 10.5 Å². The summed E-state index contributed by atoms with van der Waals surface area (Å²) in [7, 11) is 1.66. The van der Waals surface area contributed by atoms with E-state index in [1.165, 1.54) is 5.56 Å². The van der Waals surface area contributed by atoms with E-state index in [0.717, 1.165) is 30.9 Å². The number of carbonyl (C=O) groups excluding carboxylic acids is 1. The van der Waals surface area contributed by atoms with Crippen LogP contribution >= 0.6 is 11.6 Å². The first-order valence-electron chi connectivity index (χ1n) is 7.61. The molecular formula is C18H19ClN2O2. The zero-order valence-electron chi connectivity index (χ0n) is 13.0. The molecule has 0 bridgehead atoms. The van der Waals surface area contributed by atoms with Gasteiger partial charge >= 0.3 is 6.03 Å². The number of hydrogen-bond acceptors (Lipinski definition) is 2. The Morgan fingerprint density at radius 1 is 1.26 bits per heavy atom. The first kappa shape index (κ1) is 15.7. The molecule has 5 heteroatoms. The van der Waals surface area contributed by atoms with E-state index in [1.54, 1.807) is 19.2 Å². The standard InChI is InChI=1S/C18H19ClN2O2/c1-23-17-7-5-13(6-8-17)14-9-10-21(12-14)18(22)20-16-4-2-3-15(19)11-16/h2-8,11,14H,9-10,12H2,1H3,(H,20,22). The molecule has 0 saturated carbocycles. The van der Waals surface area contributed by atoms with Crippen molar-refractivity contribution in [3.05, 3.63) is 59.1 Å². The van der Waals surface area contributed by atoms with Crippen LogP contribution in [0, 0.1) is 0 Å². The Bertz CT molecular complexity index is 688. The number of amides is 2. The molecule has 0 aromatic heterocycles. The minimum atomic E-state index is -0.0803. The van der Waals surface area contributed by atoms with E-state index in [-0.39, 0.29) is 6.03 Å². The number of methoxy groups -OCH3 is 1. The number of nitrogens with zero attached hydrogens (tertiary/aromatic N) is 1. The number of halogens is 1. The smallest absolute Gasteiger partial charge is 0.321 e. The number of hydrogen-bond donors (Lipinski definition) is 1. The van der Waals surface area contributed by atoms with Crippen LogP contribution in [0.25, 0.3) is 0 Å². The third-order valence-electron chi connectivity index (χ3n) is 4.14. The largest absolute Gasteiger partial charge is 0.497 e. The zero-order chi connectivity index (χ0) is 16.2. The van der Waals surface area contributed by atoms with Crippen LogP contribution in [0.1, 0.15) is 17.9 Å². The van der Waals surface area contributed by atoms with Gasteiger partial charge in [0.25, 0.3) is 0 Å². The molecule has 2 aromatic carbocycles. The number of rotatable bonds is 3. The van der Waals surface area contributed by atoms with E-state index in [4.69, 9.17) is 16.3 Å². The van der Waals surface area contributed by atoms with Crippen LogP contribution in [-0.2, 0) is 0 Å². The normalized spacial score (nSPS) is 17.1. The molecule has 1 saturated heterocycles. The molecule has 3 rings (SSSR count). The number of nitrogens with one attached hydrogen (secondary N) is 1. The molecule has 0 aliphatic carbocycles. The van der Waals surface area contributed by atoms with Crippen LogP contribution < -0.4 is 10.1 Å². The Hall–Kier alpha value is -2.20. The van der Waals surface area contributed by atoms with E-state index in [9.17, 15) is 4.79 Å². The van der Waals surface area contributed by atoms with Crippen molar-refractivity contribution in [2.24, 2.45) is 0 Å². The molecule has 0 spiro atoms. The van der Waals surface area contributed by atoms with Crippen LogP contribution in [0.2, 0.25) is 5.02 Å². The van der Waals surface area contributed by atoms with Crippen LogP contribution in [-0.4, -0.2) is 31.1 Å². The van der Waals surface area contributed by atoms with Crippen molar-refractivity contribution in [2.75, 3.05) is 25.5 Å².